The zero-order valence-electron chi connectivity index (χ0n) is 9.09. The van der Waals surface area contributed by atoms with Crippen molar-refractivity contribution in [3.05, 3.63) is 30.1 Å². The van der Waals surface area contributed by atoms with Crippen molar-refractivity contribution in [2.75, 3.05) is 18.8 Å². The van der Waals surface area contributed by atoms with E-state index in [-0.39, 0.29) is 11.7 Å². The number of rotatable bonds is 4. The summed E-state index contributed by atoms with van der Waals surface area (Å²) in [5, 5.41) is 3.18. The molecule has 1 aromatic heterocycles. The molecule has 88 valence electrons. The zero-order chi connectivity index (χ0) is 11.4. The second-order valence-corrected chi connectivity index (χ2v) is 6.38. The van der Waals surface area contributed by atoms with Crippen LogP contribution in [-0.2, 0) is 15.6 Å². The zero-order valence-corrected chi connectivity index (χ0v) is 9.91. The molecule has 5 heteroatoms. The standard InChI is InChI=1S/C11H16N2O2S/c14-16(15,9-11-3-6-13-7-11)8-10-1-4-12-5-2-10/h1-2,4-5,11,13H,3,6-9H2/t11-/m0/s1. The van der Waals surface area contributed by atoms with Gasteiger partial charge >= 0.3 is 0 Å². The maximum Gasteiger partial charge on any atom is 0.154 e. The second-order valence-electron chi connectivity index (χ2n) is 4.27. The Morgan fingerprint density at radius 3 is 2.75 bits per heavy atom. The maximum absolute atomic E-state index is 11.9. The summed E-state index contributed by atoms with van der Waals surface area (Å²) in [6.07, 6.45) is 4.22. The number of hydrogen-bond donors (Lipinski definition) is 1. The molecule has 4 nitrogen and oxygen atoms in total. The highest BCUT2D eigenvalue weighted by Gasteiger charge is 2.22. The van der Waals surface area contributed by atoms with Crippen LogP contribution < -0.4 is 5.32 Å². The Bertz CT molecular complexity index is 425. The highest BCUT2D eigenvalue weighted by atomic mass is 32.2. The molecule has 2 heterocycles. The minimum atomic E-state index is -2.99. The van der Waals surface area contributed by atoms with E-state index in [1.54, 1.807) is 24.5 Å². The predicted octanol–water partition coefficient (Wildman–Crippen LogP) is 0.606. The summed E-state index contributed by atoms with van der Waals surface area (Å²) in [4.78, 5) is 3.87. The Morgan fingerprint density at radius 1 is 1.38 bits per heavy atom. The van der Waals surface area contributed by atoms with Gasteiger partial charge in [0.1, 0.15) is 0 Å². The van der Waals surface area contributed by atoms with E-state index in [4.69, 9.17) is 0 Å². The van der Waals surface area contributed by atoms with Gasteiger partial charge in [-0.15, -0.1) is 0 Å². The first-order chi connectivity index (χ1) is 7.66. The Hall–Kier alpha value is -0.940. The molecule has 0 amide bonds. The van der Waals surface area contributed by atoms with Crippen molar-refractivity contribution >= 4 is 9.84 Å². The van der Waals surface area contributed by atoms with Gasteiger partial charge in [-0.25, -0.2) is 8.42 Å². The van der Waals surface area contributed by atoms with Gasteiger partial charge in [-0.2, -0.15) is 0 Å². The van der Waals surface area contributed by atoms with E-state index in [2.05, 4.69) is 10.3 Å². The van der Waals surface area contributed by atoms with Gasteiger partial charge in [0.25, 0.3) is 0 Å². The van der Waals surface area contributed by atoms with Crippen LogP contribution in [0.15, 0.2) is 24.5 Å². The molecule has 1 aromatic rings. The fraction of sp³-hybridized carbons (Fsp3) is 0.545. The van der Waals surface area contributed by atoms with E-state index in [1.807, 2.05) is 0 Å². The highest BCUT2D eigenvalue weighted by Crippen LogP contribution is 2.14. The molecule has 16 heavy (non-hydrogen) atoms. The number of nitrogens with one attached hydrogen (secondary N) is 1. The van der Waals surface area contributed by atoms with Crippen molar-refractivity contribution in [2.24, 2.45) is 5.92 Å². The van der Waals surface area contributed by atoms with Crippen LogP contribution in [0, 0.1) is 5.92 Å². The van der Waals surface area contributed by atoms with Gasteiger partial charge in [0, 0.05) is 12.4 Å². The molecular weight excluding hydrogens is 224 g/mol. The van der Waals surface area contributed by atoms with Gasteiger partial charge in [0.2, 0.25) is 0 Å². The van der Waals surface area contributed by atoms with E-state index in [1.165, 1.54) is 0 Å². The van der Waals surface area contributed by atoms with E-state index in [9.17, 15) is 8.42 Å². The van der Waals surface area contributed by atoms with Gasteiger partial charge < -0.3 is 5.32 Å². The number of sulfone groups is 1. The van der Waals surface area contributed by atoms with Crippen LogP contribution in [0.2, 0.25) is 0 Å². The molecule has 1 saturated heterocycles. The quantitative estimate of drug-likeness (QED) is 0.837. The van der Waals surface area contributed by atoms with Crippen molar-refractivity contribution in [2.45, 2.75) is 12.2 Å². The molecular formula is C11H16N2O2S. The smallest absolute Gasteiger partial charge is 0.154 e. The van der Waals surface area contributed by atoms with Crippen molar-refractivity contribution in [3.63, 3.8) is 0 Å². The van der Waals surface area contributed by atoms with Gasteiger partial charge in [-0.1, -0.05) is 0 Å². The van der Waals surface area contributed by atoms with Gasteiger partial charge in [-0.3, -0.25) is 4.98 Å². The topological polar surface area (TPSA) is 59.1 Å². The summed E-state index contributed by atoms with van der Waals surface area (Å²) < 4.78 is 23.8. The Balaban J connectivity index is 1.97. The fourth-order valence-corrected chi connectivity index (χ4v) is 3.83. The molecule has 1 N–H and O–H groups in total. The monoisotopic (exact) mass is 240 g/mol. The molecule has 0 aliphatic carbocycles. The van der Waals surface area contributed by atoms with Crippen LogP contribution in [0.5, 0.6) is 0 Å². The minimum Gasteiger partial charge on any atom is -0.316 e. The Kier molecular flexibility index (Phi) is 3.56. The minimum absolute atomic E-state index is 0.131. The van der Waals surface area contributed by atoms with Crippen LogP contribution >= 0.6 is 0 Å². The average Bonchev–Trinajstić information content (AvgIpc) is 2.70. The average molecular weight is 240 g/mol. The number of pyridine rings is 1. The lowest BCUT2D eigenvalue weighted by atomic mass is 10.2. The van der Waals surface area contributed by atoms with Crippen LogP contribution in [0.3, 0.4) is 0 Å². The van der Waals surface area contributed by atoms with Crippen molar-refractivity contribution < 1.29 is 8.42 Å². The highest BCUT2D eigenvalue weighted by molar-refractivity contribution is 7.90. The molecule has 0 unspecified atom stereocenters. The first-order valence-electron chi connectivity index (χ1n) is 5.46. The summed E-state index contributed by atoms with van der Waals surface area (Å²) in [5.41, 5.74) is 0.820. The molecule has 0 aromatic carbocycles. The molecule has 1 aliphatic rings. The molecule has 0 radical (unpaired) electrons. The van der Waals surface area contributed by atoms with Gasteiger partial charge in [0.05, 0.1) is 11.5 Å². The van der Waals surface area contributed by atoms with Crippen molar-refractivity contribution in [1.82, 2.24) is 10.3 Å². The van der Waals surface area contributed by atoms with Crippen molar-refractivity contribution in [3.8, 4) is 0 Å². The lowest BCUT2D eigenvalue weighted by Crippen LogP contribution is -2.20. The largest absolute Gasteiger partial charge is 0.316 e. The van der Waals surface area contributed by atoms with E-state index < -0.39 is 9.84 Å². The van der Waals surface area contributed by atoms with E-state index in [0.29, 0.717) is 5.75 Å². The summed E-state index contributed by atoms with van der Waals surface area (Å²) in [6.45, 7) is 1.77. The third-order valence-electron chi connectivity index (χ3n) is 2.79. The lowest BCUT2D eigenvalue weighted by molar-refractivity contribution is 0.570. The third kappa shape index (κ3) is 3.28. The summed E-state index contributed by atoms with van der Waals surface area (Å²) in [7, 11) is -2.99. The number of nitrogens with zero attached hydrogens (tertiary/aromatic N) is 1. The van der Waals surface area contributed by atoms with E-state index >= 15 is 0 Å². The Labute approximate surface area is 96.0 Å². The van der Waals surface area contributed by atoms with Crippen LogP contribution in [0.25, 0.3) is 0 Å². The summed E-state index contributed by atoms with van der Waals surface area (Å²) in [6, 6.07) is 3.51. The Morgan fingerprint density at radius 2 is 2.12 bits per heavy atom. The van der Waals surface area contributed by atoms with Gasteiger partial charge in [-0.05, 0) is 43.1 Å². The first-order valence-corrected chi connectivity index (χ1v) is 7.28. The summed E-state index contributed by atoms with van der Waals surface area (Å²) >= 11 is 0. The lowest BCUT2D eigenvalue weighted by Gasteiger charge is -2.09. The normalized spacial score (nSPS) is 21.1. The van der Waals surface area contributed by atoms with Gasteiger partial charge in [0.15, 0.2) is 9.84 Å². The number of aromatic nitrogens is 1. The molecule has 1 atom stereocenters. The third-order valence-corrected chi connectivity index (χ3v) is 4.54. The molecule has 0 bridgehead atoms. The maximum atomic E-state index is 11.9. The molecule has 0 saturated carbocycles. The molecule has 2 rings (SSSR count). The summed E-state index contributed by atoms with van der Waals surface area (Å²) in [5.74, 6) is 0.709. The molecule has 1 aliphatic heterocycles. The van der Waals surface area contributed by atoms with Crippen LogP contribution in [0.1, 0.15) is 12.0 Å². The number of hydrogen-bond acceptors (Lipinski definition) is 4. The van der Waals surface area contributed by atoms with Crippen LogP contribution in [-0.4, -0.2) is 32.2 Å². The van der Waals surface area contributed by atoms with Crippen molar-refractivity contribution in [1.29, 1.82) is 0 Å². The predicted molar refractivity (Wildman–Crippen MR) is 62.7 cm³/mol. The molecule has 1 fully saturated rings. The SMILES string of the molecule is O=S(=O)(Cc1ccncc1)C[C@H]1CCNC1. The van der Waals surface area contributed by atoms with Crippen LogP contribution in [0.4, 0.5) is 0 Å². The van der Waals surface area contributed by atoms with E-state index in [0.717, 1.165) is 25.1 Å². The first kappa shape index (κ1) is 11.5. The second kappa shape index (κ2) is 4.93. The fourth-order valence-electron chi connectivity index (χ4n) is 2.01. The molecule has 0 spiro atoms.